The van der Waals surface area contributed by atoms with Gasteiger partial charge >= 0.3 is 5.97 Å². The summed E-state index contributed by atoms with van der Waals surface area (Å²) < 4.78 is 0. The van der Waals surface area contributed by atoms with E-state index in [1.807, 2.05) is 0 Å². The van der Waals surface area contributed by atoms with Gasteiger partial charge in [-0.15, -0.1) is 0 Å². The molecule has 14 heavy (non-hydrogen) atoms. The molecule has 3 heteroatoms. The first-order valence-electron chi connectivity index (χ1n) is 5.37. The zero-order chi connectivity index (χ0) is 11.3. The summed E-state index contributed by atoms with van der Waals surface area (Å²) in [5.74, 6) is 0.548. The lowest BCUT2D eigenvalue weighted by molar-refractivity contribution is -0.137. The number of hydrogen-bond donors (Lipinski definition) is 2. The van der Waals surface area contributed by atoms with Crippen LogP contribution in [0.4, 0.5) is 0 Å². The summed E-state index contributed by atoms with van der Waals surface area (Å²) in [7, 11) is 0. The summed E-state index contributed by atoms with van der Waals surface area (Å²) in [6.07, 6.45) is 1.03. The SMILES string of the molecule is CCC(C(N)CC(=O)O)C(C)C(C)C. The third kappa shape index (κ3) is 4.09. The van der Waals surface area contributed by atoms with Gasteiger partial charge in [0.15, 0.2) is 0 Å². The highest BCUT2D eigenvalue weighted by molar-refractivity contribution is 5.67. The number of nitrogens with two attached hydrogens (primary N) is 1. The van der Waals surface area contributed by atoms with Gasteiger partial charge in [0.05, 0.1) is 6.42 Å². The molecule has 0 aromatic heterocycles. The molecule has 0 aromatic rings. The van der Waals surface area contributed by atoms with Crippen LogP contribution in [0.5, 0.6) is 0 Å². The van der Waals surface area contributed by atoms with E-state index in [4.69, 9.17) is 10.8 Å². The highest BCUT2D eigenvalue weighted by Crippen LogP contribution is 2.26. The second-order valence-electron chi connectivity index (χ2n) is 4.44. The van der Waals surface area contributed by atoms with Crippen LogP contribution >= 0.6 is 0 Å². The number of carboxylic acid groups (broad SMARTS) is 1. The van der Waals surface area contributed by atoms with Crippen molar-refractivity contribution in [2.75, 3.05) is 0 Å². The maximum Gasteiger partial charge on any atom is 0.304 e. The summed E-state index contributed by atoms with van der Waals surface area (Å²) in [5.41, 5.74) is 5.89. The van der Waals surface area contributed by atoms with Gasteiger partial charge in [-0.2, -0.15) is 0 Å². The van der Waals surface area contributed by atoms with Crippen LogP contribution < -0.4 is 5.73 Å². The van der Waals surface area contributed by atoms with E-state index in [1.54, 1.807) is 0 Å². The van der Waals surface area contributed by atoms with Crippen molar-refractivity contribution in [1.82, 2.24) is 0 Å². The molecule has 0 spiro atoms. The molecule has 0 saturated heterocycles. The Morgan fingerprint density at radius 3 is 2.14 bits per heavy atom. The first kappa shape index (κ1) is 13.4. The van der Waals surface area contributed by atoms with Crippen LogP contribution in [0.25, 0.3) is 0 Å². The standard InChI is InChI=1S/C11H23NO2/c1-5-9(8(4)7(2)3)10(12)6-11(13)14/h7-10H,5-6,12H2,1-4H3,(H,13,14). The van der Waals surface area contributed by atoms with Crippen LogP contribution in [0, 0.1) is 17.8 Å². The summed E-state index contributed by atoms with van der Waals surface area (Å²) >= 11 is 0. The summed E-state index contributed by atoms with van der Waals surface area (Å²) in [6, 6.07) is -0.213. The molecule has 0 rings (SSSR count). The van der Waals surface area contributed by atoms with Gasteiger partial charge in [-0.25, -0.2) is 0 Å². The van der Waals surface area contributed by atoms with Crippen LogP contribution in [0.1, 0.15) is 40.5 Å². The Labute approximate surface area is 86.7 Å². The Morgan fingerprint density at radius 2 is 1.86 bits per heavy atom. The molecule has 0 radical (unpaired) electrons. The highest BCUT2D eigenvalue weighted by atomic mass is 16.4. The van der Waals surface area contributed by atoms with E-state index in [9.17, 15) is 4.79 Å². The Bertz CT molecular complexity index is 180. The van der Waals surface area contributed by atoms with Crippen molar-refractivity contribution < 1.29 is 9.90 Å². The van der Waals surface area contributed by atoms with E-state index < -0.39 is 5.97 Å². The maximum atomic E-state index is 10.5. The minimum absolute atomic E-state index is 0.0789. The lowest BCUT2D eigenvalue weighted by atomic mass is 9.78. The van der Waals surface area contributed by atoms with Gasteiger partial charge in [-0.1, -0.05) is 34.1 Å². The normalized spacial score (nSPS) is 17.9. The van der Waals surface area contributed by atoms with Crippen molar-refractivity contribution in [2.24, 2.45) is 23.5 Å². The maximum absolute atomic E-state index is 10.5. The molecule has 0 aromatic carbocycles. The zero-order valence-electron chi connectivity index (χ0n) is 9.66. The quantitative estimate of drug-likeness (QED) is 0.691. The molecule has 0 heterocycles. The van der Waals surface area contributed by atoms with Crippen molar-refractivity contribution in [3.05, 3.63) is 0 Å². The van der Waals surface area contributed by atoms with Crippen molar-refractivity contribution in [3.8, 4) is 0 Å². The molecule has 0 aliphatic heterocycles. The fourth-order valence-corrected chi connectivity index (χ4v) is 1.91. The van der Waals surface area contributed by atoms with Gasteiger partial charge in [0.1, 0.15) is 0 Å². The number of carbonyl (C=O) groups is 1. The monoisotopic (exact) mass is 201 g/mol. The average Bonchev–Trinajstić information content (AvgIpc) is 2.03. The molecule has 0 aliphatic carbocycles. The van der Waals surface area contributed by atoms with E-state index in [0.29, 0.717) is 17.8 Å². The first-order chi connectivity index (χ1) is 6.40. The third-order valence-corrected chi connectivity index (χ3v) is 3.16. The molecule has 3 unspecified atom stereocenters. The fraction of sp³-hybridized carbons (Fsp3) is 0.909. The molecule has 3 N–H and O–H groups in total. The topological polar surface area (TPSA) is 63.3 Å². The average molecular weight is 201 g/mol. The Kier molecular flexibility index (Phi) is 5.77. The lowest BCUT2D eigenvalue weighted by Crippen LogP contribution is -2.37. The third-order valence-electron chi connectivity index (χ3n) is 3.16. The first-order valence-corrected chi connectivity index (χ1v) is 5.37. The molecule has 3 atom stereocenters. The van der Waals surface area contributed by atoms with Gasteiger partial charge < -0.3 is 10.8 Å². The van der Waals surface area contributed by atoms with Gasteiger partial charge in [-0.3, -0.25) is 4.79 Å². The number of hydrogen-bond acceptors (Lipinski definition) is 2. The van der Waals surface area contributed by atoms with Crippen LogP contribution in [0.15, 0.2) is 0 Å². The minimum Gasteiger partial charge on any atom is -0.481 e. The minimum atomic E-state index is -0.799. The van der Waals surface area contributed by atoms with Crippen LogP contribution in [0.3, 0.4) is 0 Å². The molecule has 0 amide bonds. The van der Waals surface area contributed by atoms with Gasteiger partial charge in [0, 0.05) is 6.04 Å². The van der Waals surface area contributed by atoms with E-state index in [1.165, 1.54) is 0 Å². The van der Waals surface area contributed by atoms with Crippen LogP contribution in [0.2, 0.25) is 0 Å². The van der Waals surface area contributed by atoms with Crippen molar-refractivity contribution in [3.63, 3.8) is 0 Å². The molecule has 0 aliphatic rings. The van der Waals surface area contributed by atoms with E-state index >= 15 is 0 Å². The molecule has 84 valence electrons. The van der Waals surface area contributed by atoms with E-state index in [0.717, 1.165) is 6.42 Å². The van der Waals surface area contributed by atoms with Gasteiger partial charge in [0.25, 0.3) is 0 Å². The van der Waals surface area contributed by atoms with Gasteiger partial charge in [-0.05, 0) is 17.8 Å². The molecule has 0 fully saturated rings. The Morgan fingerprint density at radius 1 is 1.36 bits per heavy atom. The summed E-state index contributed by atoms with van der Waals surface area (Å²) in [5, 5.41) is 8.67. The second-order valence-corrected chi connectivity index (χ2v) is 4.44. The van der Waals surface area contributed by atoms with Crippen molar-refractivity contribution in [2.45, 2.75) is 46.6 Å². The Balaban J connectivity index is 4.31. The summed E-state index contributed by atoms with van der Waals surface area (Å²) in [6.45, 7) is 8.54. The molecule has 3 nitrogen and oxygen atoms in total. The predicted molar refractivity (Wildman–Crippen MR) is 58.0 cm³/mol. The molecular formula is C11H23NO2. The second kappa shape index (κ2) is 6.02. The largest absolute Gasteiger partial charge is 0.481 e. The number of carboxylic acids is 1. The van der Waals surface area contributed by atoms with Crippen molar-refractivity contribution >= 4 is 5.97 Å². The summed E-state index contributed by atoms with van der Waals surface area (Å²) in [4.78, 5) is 10.5. The molecule has 0 bridgehead atoms. The lowest BCUT2D eigenvalue weighted by Gasteiger charge is -2.30. The predicted octanol–water partition coefficient (Wildman–Crippen LogP) is 2.11. The number of rotatable bonds is 6. The van der Waals surface area contributed by atoms with Gasteiger partial charge in [0.2, 0.25) is 0 Å². The zero-order valence-corrected chi connectivity index (χ0v) is 9.66. The Hall–Kier alpha value is -0.570. The molecular weight excluding hydrogens is 178 g/mol. The fourth-order valence-electron chi connectivity index (χ4n) is 1.91. The van der Waals surface area contributed by atoms with Crippen molar-refractivity contribution in [1.29, 1.82) is 0 Å². The molecule has 0 saturated carbocycles. The van der Waals surface area contributed by atoms with E-state index in [2.05, 4.69) is 27.7 Å². The number of aliphatic carboxylic acids is 1. The smallest absolute Gasteiger partial charge is 0.304 e. The van der Waals surface area contributed by atoms with Crippen LogP contribution in [-0.4, -0.2) is 17.1 Å². The highest BCUT2D eigenvalue weighted by Gasteiger charge is 2.25. The van der Waals surface area contributed by atoms with E-state index in [-0.39, 0.29) is 12.5 Å². The van der Waals surface area contributed by atoms with Crippen LogP contribution in [-0.2, 0) is 4.79 Å².